The highest BCUT2D eigenvalue weighted by atomic mass is 32.2. The van der Waals surface area contributed by atoms with Gasteiger partial charge in [-0.15, -0.1) is 0 Å². The van der Waals surface area contributed by atoms with Gasteiger partial charge in [0.2, 0.25) is 10.0 Å². The van der Waals surface area contributed by atoms with Gasteiger partial charge in [0.05, 0.1) is 10.6 Å². The number of nitrogens with zero attached hydrogens (tertiary/aromatic N) is 2. The molecule has 3 aromatic rings. The zero-order chi connectivity index (χ0) is 20.6. The molecule has 0 radical (unpaired) electrons. The minimum absolute atomic E-state index is 0.0462. The first-order valence-electron chi connectivity index (χ1n) is 9.31. The molecule has 4 rings (SSSR count). The minimum atomic E-state index is -3.65. The highest BCUT2D eigenvalue weighted by Gasteiger charge is 2.31. The number of furan rings is 1. The van der Waals surface area contributed by atoms with Crippen LogP contribution in [0.4, 0.5) is 5.13 Å². The molecule has 29 heavy (non-hydrogen) atoms. The van der Waals surface area contributed by atoms with Crippen LogP contribution >= 0.6 is 11.3 Å². The predicted octanol–water partition coefficient (Wildman–Crippen LogP) is 4.06. The topological polar surface area (TPSA) is 92.5 Å². The average molecular weight is 432 g/mol. The number of thiazole rings is 1. The number of carbonyl (C=O) groups is 1. The van der Waals surface area contributed by atoms with Gasteiger partial charge in [0.1, 0.15) is 10.7 Å². The predicted molar refractivity (Wildman–Crippen MR) is 112 cm³/mol. The molecule has 1 aliphatic heterocycles. The van der Waals surface area contributed by atoms with Gasteiger partial charge in [-0.05, 0) is 32.3 Å². The van der Waals surface area contributed by atoms with E-state index in [1.54, 1.807) is 6.92 Å². The lowest BCUT2D eigenvalue weighted by atomic mass is 10.2. The quantitative estimate of drug-likeness (QED) is 0.658. The molecule has 0 aliphatic carbocycles. The van der Waals surface area contributed by atoms with Crippen molar-refractivity contribution in [1.82, 2.24) is 9.29 Å². The SMILES string of the molecule is Cc1nc(NC(=O)c2cc(S(=O)(=O)N3CCCC3)c(C)o2)sc1-c1ccccc1. The van der Waals surface area contributed by atoms with E-state index in [1.165, 1.54) is 21.7 Å². The fourth-order valence-corrected chi connectivity index (χ4v) is 6.01. The van der Waals surface area contributed by atoms with E-state index in [0.29, 0.717) is 18.2 Å². The molecule has 1 fully saturated rings. The monoisotopic (exact) mass is 431 g/mol. The third kappa shape index (κ3) is 3.85. The van der Waals surface area contributed by atoms with Crippen LogP contribution in [0.1, 0.15) is 34.9 Å². The van der Waals surface area contributed by atoms with Gasteiger partial charge in [-0.1, -0.05) is 41.7 Å². The number of nitrogens with one attached hydrogen (secondary N) is 1. The maximum Gasteiger partial charge on any atom is 0.293 e. The Morgan fingerprint density at radius 1 is 1.17 bits per heavy atom. The summed E-state index contributed by atoms with van der Waals surface area (Å²) in [4.78, 5) is 18.1. The van der Waals surface area contributed by atoms with Gasteiger partial charge in [-0.3, -0.25) is 10.1 Å². The molecule has 2 aromatic heterocycles. The Morgan fingerprint density at radius 2 is 1.86 bits per heavy atom. The van der Waals surface area contributed by atoms with Crippen LogP contribution in [0.15, 0.2) is 45.7 Å². The highest BCUT2D eigenvalue weighted by molar-refractivity contribution is 7.89. The first kappa shape index (κ1) is 19.8. The van der Waals surface area contributed by atoms with Crippen LogP contribution in [0.5, 0.6) is 0 Å². The van der Waals surface area contributed by atoms with Gasteiger partial charge < -0.3 is 4.42 Å². The van der Waals surface area contributed by atoms with Gasteiger partial charge in [-0.2, -0.15) is 4.31 Å². The zero-order valence-electron chi connectivity index (χ0n) is 16.1. The molecule has 7 nitrogen and oxygen atoms in total. The molecular formula is C20H21N3O4S2. The van der Waals surface area contributed by atoms with Gasteiger partial charge in [0.25, 0.3) is 5.91 Å². The number of sulfonamides is 1. The molecule has 0 spiro atoms. The van der Waals surface area contributed by atoms with Crippen LogP contribution in [-0.4, -0.2) is 36.7 Å². The van der Waals surface area contributed by atoms with Crippen LogP contribution < -0.4 is 5.32 Å². The fraction of sp³-hybridized carbons (Fsp3) is 0.300. The Bertz CT molecular complexity index is 1140. The Morgan fingerprint density at radius 3 is 2.55 bits per heavy atom. The van der Waals surface area contributed by atoms with E-state index in [2.05, 4.69) is 10.3 Å². The molecule has 9 heteroatoms. The summed E-state index contributed by atoms with van der Waals surface area (Å²) in [7, 11) is -3.65. The van der Waals surface area contributed by atoms with Crippen molar-refractivity contribution >= 4 is 32.4 Å². The number of rotatable bonds is 5. The molecule has 0 saturated carbocycles. The van der Waals surface area contributed by atoms with Gasteiger partial charge >= 0.3 is 0 Å². The number of benzene rings is 1. The summed E-state index contributed by atoms with van der Waals surface area (Å²) in [6.45, 7) is 4.43. The molecule has 3 heterocycles. The normalized spacial score (nSPS) is 15.0. The largest absolute Gasteiger partial charge is 0.455 e. The molecule has 1 N–H and O–H groups in total. The fourth-order valence-electron chi connectivity index (χ4n) is 3.37. The molecule has 0 atom stereocenters. The lowest BCUT2D eigenvalue weighted by Crippen LogP contribution is -2.28. The van der Waals surface area contributed by atoms with E-state index in [9.17, 15) is 13.2 Å². The van der Waals surface area contributed by atoms with Crippen LogP contribution in [0.3, 0.4) is 0 Å². The van der Waals surface area contributed by atoms with E-state index in [4.69, 9.17) is 4.42 Å². The summed E-state index contributed by atoms with van der Waals surface area (Å²) in [5.74, 6) is -0.360. The lowest BCUT2D eigenvalue weighted by Gasteiger charge is -2.14. The lowest BCUT2D eigenvalue weighted by molar-refractivity contribution is 0.0995. The summed E-state index contributed by atoms with van der Waals surface area (Å²) in [5, 5.41) is 3.15. The van der Waals surface area contributed by atoms with E-state index >= 15 is 0 Å². The van der Waals surface area contributed by atoms with Crippen LogP contribution in [0, 0.1) is 13.8 Å². The van der Waals surface area contributed by atoms with E-state index < -0.39 is 15.9 Å². The first-order chi connectivity index (χ1) is 13.9. The maximum atomic E-state index is 12.8. The average Bonchev–Trinajstić information content (AvgIpc) is 3.43. The standard InChI is InChI=1S/C20H21N3O4S2/c1-13-18(15-8-4-3-5-9-15)28-20(21-13)22-19(24)16-12-17(14(2)27-16)29(25,26)23-10-6-7-11-23/h3-5,8-9,12H,6-7,10-11H2,1-2H3,(H,21,22,24). The van der Waals surface area contributed by atoms with E-state index in [-0.39, 0.29) is 16.4 Å². The molecule has 152 valence electrons. The number of aromatic nitrogens is 1. The molecule has 1 amide bonds. The van der Waals surface area contributed by atoms with Crippen molar-refractivity contribution in [1.29, 1.82) is 0 Å². The second-order valence-corrected chi connectivity index (χ2v) is 9.80. The van der Waals surface area contributed by atoms with Gasteiger partial charge in [-0.25, -0.2) is 13.4 Å². The van der Waals surface area contributed by atoms with Crippen molar-refractivity contribution in [3.8, 4) is 10.4 Å². The van der Waals surface area contributed by atoms with Crippen molar-refractivity contribution in [3.05, 3.63) is 53.6 Å². The smallest absolute Gasteiger partial charge is 0.293 e. The third-order valence-electron chi connectivity index (χ3n) is 4.83. The van der Waals surface area contributed by atoms with Crippen LogP contribution in [-0.2, 0) is 10.0 Å². The molecule has 0 bridgehead atoms. The second kappa shape index (κ2) is 7.74. The molecular weight excluding hydrogens is 410 g/mol. The van der Waals surface area contributed by atoms with Crippen molar-refractivity contribution in [2.45, 2.75) is 31.6 Å². The van der Waals surface area contributed by atoms with Crippen molar-refractivity contribution < 1.29 is 17.6 Å². The summed E-state index contributed by atoms with van der Waals surface area (Å²) in [5.41, 5.74) is 1.83. The first-order valence-corrected chi connectivity index (χ1v) is 11.6. The number of amides is 1. The molecule has 0 unspecified atom stereocenters. The third-order valence-corrected chi connectivity index (χ3v) is 7.96. The maximum absolute atomic E-state index is 12.8. The zero-order valence-corrected chi connectivity index (χ0v) is 17.8. The summed E-state index contributed by atoms with van der Waals surface area (Å²) >= 11 is 1.36. The number of aryl methyl sites for hydroxylation is 2. The van der Waals surface area contributed by atoms with Crippen LogP contribution in [0.2, 0.25) is 0 Å². The summed E-state index contributed by atoms with van der Waals surface area (Å²) in [6.07, 6.45) is 1.69. The Hall–Kier alpha value is -2.49. The highest BCUT2D eigenvalue weighted by Crippen LogP contribution is 2.33. The Labute approximate surface area is 173 Å². The second-order valence-electron chi connectivity index (χ2n) is 6.90. The Kier molecular flexibility index (Phi) is 5.28. The Balaban J connectivity index is 1.56. The molecule has 1 aromatic carbocycles. The van der Waals surface area contributed by atoms with E-state index in [1.807, 2.05) is 37.3 Å². The van der Waals surface area contributed by atoms with Gasteiger partial charge in [0, 0.05) is 19.2 Å². The van der Waals surface area contributed by atoms with Gasteiger partial charge in [0.15, 0.2) is 10.9 Å². The number of hydrogen-bond acceptors (Lipinski definition) is 6. The summed E-state index contributed by atoms with van der Waals surface area (Å²) < 4.78 is 32.5. The molecule has 1 saturated heterocycles. The van der Waals surface area contributed by atoms with E-state index in [0.717, 1.165) is 29.0 Å². The van der Waals surface area contributed by atoms with Crippen molar-refractivity contribution in [3.63, 3.8) is 0 Å². The molecule has 1 aliphatic rings. The summed E-state index contributed by atoms with van der Waals surface area (Å²) in [6, 6.07) is 11.1. The van der Waals surface area contributed by atoms with Crippen molar-refractivity contribution in [2.24, 2.45) is 0 Å². The number of anilines is 1. The number of hydrogen-bond donors (Lipinski definition) is 1. The van der Waals surface area contributed by atoms with Crippen molar-refractivity contribution in [2.75, 3.05) is 18.4 Å². The number of carbonyl (C=O) groups excluding carboxylic acids is 1. The van der Waals surface area contributed by atoms with Crippen LogP contribution in [0.25, 0.3) is 10.4 Å². The minimum Gasteiger partial charge on any atom is -0.455 e.